The van der Waals surface area contributed by atoms with Gasteiger partial charge in [0, 0.05) is 32.6 Å². The Balaban J connectivity index is 1.31. The standard InChI is InChI=1S/C18H21N5O3/c24-16-4-3-14(21-16)18(26)23-7-5-22(6-8-23)17(25)10-12-1-2-13-15(9-12)20-11-19-13/h1-2,9,11,14H,3-8,10H2,(H,19,20)(H,21,24). The van der Waals surface area contributed by atoms with Crippen LogP contribution in [-0.2, 0) is 20.8 Å². The van der Waals surface area contributed by atoms with Gasteiger partial charge in [0.15, 0.2) is 0 Å². The first-order valence-electron chi connectivity index (χ1n) is 8.88. The maximum atomic E-state index is 12.6. The maximum absolute atomic E-state index is 12.6. The zero-order valence-corrected chi connectivity index (χ0v) is 14.4. The molecule has 0 radical (unpaired) electrons. The van der Waals surface area contributed by atoms with Crippen molar-refractivity contribution in [2.24, 2.45) is 0 Å². The number of hydrogen-bond donors (Lipinski definition) is 2. The largest absolute Gasteiger partial charge is 0.345 e. The first-order valence-corrected chi connectivity index (χ1v) is 8.88. The Morgan fingerprint density at radius 3 is 2.65 bits per heavy atom. The van der Waals surface area contributed by atoms with Crippen molar-refractivity contribution >= 4 is 28.8 Å². The van der Waals surface area contributed by atoms with Crippen molar-refractivity contribution in [2.45, 2.75) is 25.3 Å². The van der Waals surface area contributed by atoms with Gasteiger partial charge in [0.25, 0.3) is 0 Å². The monoisotopic (exact) mass is 355 g/mol. The van der Waals surface area contributed by atoms with Crippen molar-refractivity contribution in [3.05, 3.63) is 30.1 Å². The highest BCUT2D eigenvalue weighted by molar-refractivity contribution is 5.91. The molecule has 1 atom stereocenters. The summed E-state index contributed by atoms with van der Waals surface area (Å²) in [6.45, 7) is 2.07. The van der Waals surface area contributed by atoms with Gasteiger partial charge in [0.2, 0.25) is 17.7 Å². The molecule has 2 aromatic rings. The van der Waals surface area contributed by atoms with Crippen LogP contribution in [0.4, 0.5) is 0 Å². The number of imidazole rings is 1. The summed E-state index contributed by atoms with van der Waals surface area (Å²) in [5.41, 5.74) is 2.75. The van der Waals surface area contributed by atoms with Crippen molar-refractivity contribution in [1.82, 2.24) is 25.1 Å². The van der Waals surface area contributed by atoms with Gasteiger partial charge in [-0.2, -0.15) is 0 Å². The van der Waals surface area contributed by atoms with Crippen LogP contribution in [0, 0.1) is 0 Å². The topological polar surface area (TPSA) is 98.4 Å². The fourth-order valence-electron chi connectivity index (χ4n) is 3.58. The van der Waals surface area contributed by atoms with E-state index in [1.165, 1.54) is 0 Å². The van der Waals surface area contributed by atoms with Crippen LogP contribution in [0.25, 0.3) is 11.0 Å². The Hall–Kier alpha value is -2.90. The first kappa shape index (κ1) is 16.6. The lowest BCUT2D eigenvalue weighted by atomic mass is 10.1. The number of nitrogens with one attached hydrogen (secondary N) is 2. The van der Waals surface area contributed by atoms with E-state index < -0.39 is 6.04 Å². The van der Waals surface area contributed by atoms with Crippen molar-refractivity contribution < 1.29 is 14.4 Å². The molecule has 8 nitrogen and oxygen atoms in total. The fraction of sp³-hybridized carbons (Fsp3) is 0.444. The van der Waals surface area contributed by atoms with Gasteiger partial charge in [-0.05, 0) is 24.1 Å². The number of hydrogen-bond acceptors (Lipinski definition) is 4. The summed E-state index contributed by atoms with van der Waals surface area (Å²) >= 11 is 0. The summed E-state index contributed by atoms with van der Waals surface area (Å²) in [4.78, 5) is 47.0. The minimum Gasteiger partial charge on any atom is -0.345 e. The molecule has 1 aromatic carbocycles. The lowest BCUT2D eigenvalue weighted by molar-refractivity contribution is -0.140. The van der Waals surface area contributed by atoms with Crippen molar-refractivity contribution in [3.63, 3.8) is 0 Å². The van der Waals surface area contributed by atoms with Gasteiger partial charge in [-0.1, -0.05) is 6.07 Å². The maximum Gasteiger partial charge on any atom is 0.245 e. The van der Waals surface area contributed by atoms with Crippen molar-refractivity contribution in [2.75, 3.05) is 26.2 Å². The number of aromatic nitrogens is 2. The summed E-state index contributed by atoms with van der Waals surface area (Å²) < 4.78 is 0. The number of rotatable bonds is 3. The summed E-state index contributed by atoms with van der Waals surface area (Å²) in [6.07, 6.45) is 2.95. The van der Waals surface area contributed by atoms with Gasteiger partial charge in [0.05, 0.1) is 23.8 Å². The zero-order valence-electron chi connectivity index (χ0n) is 14.4. The Morgan fingerprint density at radius 2 is 1.92 bits per heavy atom. The molecular weight excluding hydrogens is 334 g/mol. The van der Waals surface area contributed by atoms with Crippen LogP contribution in [0.5, 0.6) is 0 Å². The van der Waals surface area contributed by atoms with Gasteiger partial charge < -0.3 is 20.1 Å². The number of carbonyl (C=O) groups excluding carboxylic acids is 3. The van der Waals surface area contributed by atoms with Crippen LogP contribution < -0.4 is 5.32 Å². The number of nitrogens with zero attached hydrogens (tertiary/aromatic N) is 3. The highest BCUT2D eigenvalue weighted by Crippen LogP contribution is 2.15. The summed E-state index contributed by atoms with van der Waals surface area (Å²) in [6, 6.07) is 5.37. The molecule has 2 saturated heterocycles. The van der Waals surface area contributed by atoms with Gasteiger partial charge in [0.1, 0.15) is 6.04 Å². The zero-order chi connectivity index (χ0) is 18.1. The Morgan fingerprint density at radius 1 is 1.15 bits per heavy atom. The molecule has 0 saturated carbocycles. The van der Waals surface area contributed by atoms with E-state index in [0.717, 1.165) is 16.6 Å². The number of H-pyrrole nitrogens is 1. The second-order valence-electron chi connectivity index (χ2n) is 6.80. The molecule has 1 unspecified atom stereocenters. The van der Waals surface area contributed by atoms with E-state index in [-0.39, 0.29) is 17.7 Å². The molecular formula is C18H21N5O3. The smallest absolute Gasteiger partial charge is 0.245 e. The van der Waals surface area contributed by atoms with Gasteiger partial charge in [-0.3, -0.25) is 14.4 Å². The molecule has 0 spiro atoms. The van der Waals surface area contributed by atoms with E-state index in [4.69, 9.17) is 0 Å². The van der Waals surface area contributed by atoms with Crippen LogP contribution in [-0.4, -0.2) is 69.7 Å². The molecule has 0 bridgehead atoms. The van der Waals surface area contributed by atoms with E-state index in [0.29, 0.717) is 45.4 Å². The number of carbonyl (C=O) groups is 3. The molecule has 2 fully saturated rings. The highest BCUT2D eigenvalue weighted by atomic mass is 16.2. The fourth-order valence-corrected chi connectivity index (χ4v) is 3.58. The molecule has 8 heteroatoms. The van der Waals surface area contributed by atoms with Crippen LogP contribution >= 0.6 is 0 Å². The molecule has 26 heavy (non-hydrogen) atoms. The molecule has 4 rings (SSSR count). The van der Waals surface area contributed by atoms with Crippen molar-refractivity contribution in [3.8, 4) is 0 Å². The SMILES string of the molecule is O=C1CCC(C(=O)N2CCN(C(=O)Cc3ccc4nc[nH]c4c3)CC2)N1. The molecule has 2 N–H and O–H groups in total. The molecule has 136 valence electrons. The molecule has 3 heterocycles. The molecule has 2 aliphatic heterocycles. The quantitative estimate of drug-likeness (QED) is 0.813. The summed E-state index contributed by atoms with van der Waals surface area (Å²) in [5.74, 6) is -0.0378. The van der Waals surface area contributed by atoms with E-state index in [1.807, 2.05) is 18.2 Å². The third kappa shape index (κ3) is 3.26. The van der Waals surface area contributed by atoms with Crippen molar-refractivity contribution in [1.29, 1.82) is 0 Å². The Labute approximate surface area is 150 Å². The summed E-state index contributed by atoms with van der Waals surface area (Å²) in [7, 11) is 0. The predicted octanol–water partition coefficient (Wildman–Crippen LogP) is 0.0548. The molecule has 0 aliphatic carbocycles. The van der Waals surface area contributed by atoms with Gasteiger partial charge in [-0.15, -0.1) is 0 Å². The van der Waals surface area contributed by atoms with Crippen LogP contribution in [0.3, 0.4) is 0 Å². The van der Waals surface area contributed by atoms with E-state index in [1.54, 1.807) is 16.1 Å². The minimum absolute atomic E-state index is 0.0346. The average Bonchev–Trinajstić information content (AvgIpc) is 3.29. The Bertz CT molecular complexity index is 853. The van der Waals surface area contributed by atoms with E-state index >= 15 is 0 Å². The van der Waals surface area contributed by atoms with Crippen LogP contribution in [0.2, 0.25) is 0 Å². The molecule has 3 amide bonds. The lowest BCUT2D eigenvalue weighted by Crippen LogP contribution is -2.54. The normalized spacial score (nSPS) is 20.5. The first-order chi connectivity index (χ1) is 12.6. The number of piperazine rings is 1. The minimum atomic E-state index is -0.397. The highest BCUT2D eigenvalue weighted by Gasteiger charge is 2.32. The number of benzene rings is 1. The third-order valence-electron chi connectivity index (χ3n) is 5.08. The van der Waals surface area contributed by atoms with Crippen LogP contribution in [0.1, 0.15) is 18.4 Å². The molecule has 2 aliphatic rings. The van der Waals surface area contributed by atoms with Crippen LogP contribution in [0.15, 0.2) is 24.5 Å². The Kier molecular flexibility index (Phi) is 4.32. The van der Waals surface area contributed by atoms with Gasteiger partial charge in [-0.25, -0.2) is 4.98 Å². The van der Waals surface area contributed by atoms with Gasteiger partial charge >= 0.3 is 0 Å². The number of aromatic amines is 1. The number of fused-ring (bicyclic) bond motifs is 1. The second-order valence-corrected chi connectivity index (χ2v) is 6.80. The number of amides is 3. The van der Waals surface area contributed by atoms with E-state index in [9.17, 15) is 14.4 Å². The molecule has 1 aromatic heterocycles. The third-order valence-corrected chi connectivity index (χ3v) is 5.08. The second kappa shape index (κ2) is 6.78. The lowest BCUT2D eigenvalue weighted by Gasteiger charge is -2.36. The predicted molar refractivity (Wildman–Crippen MR) is 94.1 cm³/mol. The average molecular weight is 355 g/mol. The summed E-state index contributed by atoms with van der Waals surface area (Å²) in [5, 5.41) is 2.71. The van der Waals surface area contributed by atoms with E-state index in [2.05, 4.69) is 15.3 Å².